The van der Waals surface area contributed by atoms with Gasteiger partial charge in [-0.15, -0.1) is 0 Å². The van der Waals surface area contributed by atoms with Crippen LogP contribution in [0.5, 0.6) is 0 Å². The number of rotatable bonds is 2. The van der Waals surface area contributed by atoms with Gasteiger partial charge in [0.15, 0.2) is 0 Å². The van der Waals surface area contributed by atoms with Gasteiger partial charge >= 0.3 is 0 Å². The molecule has 0 radical (unpaired) electrons. The maximum Gasteiger partial charge on any atom is -0.0230 e. The van der Waals surface area contributed by atoms with E-state index in [-0.39, 0.29) is 0 Å². The van der Waals surface area contributed by atoms with Crippen LogP contribution in [0.2, 0.25) is 0 Å². The minimum atomic E-state index is 1.31. The average molecular weight is 347 g/mol. The molecule has 0 heteroatoms. The monoisotopic (exact) mass is 346 g/mol. The topological polar surface area (TPSA) is 0 Å². The van der Waals surface area contributed by atoms with Crippen LogP contribution in [0.3, 0.4) is 0 Å². The molecule has 0 saturated heterocycles. The normalized spacial score (nSPS) is 12.2. The Labute approximate surface area is 160 Å². The van der Waals surface area contributed by atoms with E-state index in [4.69, 9.17) is 0 Å². The molecule has 0 amide bonds. The summed E-state index contributed by atoms with van der Waals surface area (Å²) in [6.07, 6.45) is 16.4. The Balaban J connectivity index is 0.000000375. The molecule has 0 atom stereocenters. The van der Waals surface area contributed by atoms with Crippen molar-refractivity contribution in [1.29, 1.82) is 0 Å². The van der Waals surface area contributed by atoms with Crippen LogP contribution in [0.15, 0.2) is 78.9 Å². The predicted molar refractivity (Wildman–Crippen MR) is 121 cm³/mol. The molecule has 0 unspecified atom stereocenters. The molecule has 26 heavy (non-hydrogen) atoms. The summed E-state index contributed by atoms with van der Waals surface area (Å²) < 4.78 is 0. The van der Waals surface area contributed by atoms with Gasteiger partial charge in [-0.05, 0) is 63.1 Å². The van der Waals surface area contributed by atoms with E-state index in [1.807, 2.05) is 45.1 Å². The minimum Gasteiger partial charge on any atom is -0.0877 e. The van der Waals surface area contributed by atoms with E-state index in [0.29, 0.717) is 0 Å². The average Bonchev–Trinajstić information content (AvgIpc) is 2.69. The molecule has 0 spiro atoms. The third-order valence-corrected chi connectivity index (χ3v) is 3.65. The molecule has 0 aliphatic carbocycles. The first-order valence-electron chi connectivity index (χ1n) is 9.24. The summed E-state index contributed by atoms with van der Waals surface area (Å²) in [5.74, 6) is 0. The molecule has 0 aliphatic rings. The first-order valence-corrected chi connectivity index (χ1v) is 9.24. The zero-order chi connectivity index (χ0) is 19.6. The smallest absolute Gasteiger partial charge is 0.0230 e. The van der Waals surface area contributed by atoms with Crippen LogP contribution in [-0.2, 0) is 0 Å². The Morgan fingerprint density at radius 3 is 1.42 bits per heavy atom. The molecule has 0 bridgehead atoms. The van der Waals surface area contributed by atoms with Crippen molar-refractivity contribution in [3.63, 3.8) is 0 Å². The van der Waals surface area contributed by atoms with E-state index in [1.165, 1.54) is 21.6 Å². The maximum absolute atomic E-state index is 2.12. The molecule has 2 aromatic carbocycles. The van der Waals surface area contributed by atoms with Crippen molar-refractivity contribution >= 4 is 18.2 Å². The molecule has 0 N–H and O–H groups in total. The lowest BCUT2D eigenvalue weighted by molar-refractivity contribution is 1.44. The zero-order valence-electron chi connectivity index (χ0n) is 17.2. The standard InChI is InChI=1S/2C10H12.C6H10/c1-3-6-10-8-5-4-7-9(10)2;1-3-9-7-5-6-8-10(9)4-2;1-3-5-6-4-2/h2*3-8H,1-2H3;3-6H,1-2H3/b6-3-;9-3-,10-4-;5-3-,6-4-. The van der Waals surface area contributed by atoms with Crippen LogP contribution >= 0.6 is 0 Å². The first kappa shape index (κ1) is 23.4. The third-order valence-electron chi connectivity index (χ3n) is 3.65. The molecule has 0 heterocycles. The lowest BCUT2D eigenvalue weighted by Crippen LogP contribution is -2.22. The van der Waals surface area contributed by atoms with E-state index in [0.717, 1.165) is 0 Å². The molecule has 0 fully saturated rings. The fourth-order valence-corrected chi connectivity index (χ4v) is 2.21. The fourth-order valence-electron chi connectivity index (χ4n) is 2.21. The van der Waals surface area contributed by atoms with E-state index < -0.39 is 0 Å². The van der Waals surface area contributed by atoms with Crippen molar-refractivity contribution < 1.29 is 0 Å². The van der Waals surface area contributed by atoms with Crippen LogP contribution in [0.4, 0.5) is 0 Å². The molecule has 2 aromatic rings. The van der Waals surface area contributed by atoms with E-state index in [1.54, 1.807) is 0 Å². The zero-order valence-corrected chi connectivity index (χ0v) is 17.2. The highest BCUT2D eigenvalue weighted by Crippen LogP contribution is 2.07. The van der Waals surface area contributed by atoms with Crippen LogP contribution in [0, 0.1) is 6.92 Å². The second-order valence-corrected chi connectivity index (χ2v) is 5.61. The summed E-state index contributed by atoms with van der Waals surface area (Å²) >= 11 is 0. The maximum atomic E-state index is 2.12. The van der Waals surface area contributed by atoms with Crippen LogP contribution < -0.4 is 10.4 Å². The van der Waals surface area contributed by atoms with E-state index >= 15 is 0 Å². The SMILES string of the molecule is C/C=C\C=C/C.C/C=C\c1ccccc1C.C/C=c1/cccc/c1=C/C. The van der Waals surface area contributed by atoms with Gasteiger partial charge in [-0.25, -0.2) is 0 Å². The second-order valence-electron chi connectivity index (χ2n) is 5.61. The Hall–Kier alpha value is -2.60. The van der Waals surface area contributed by atoms with Crippen molar-refractivity contribution in [2.45, 2.75) is 41.5 Å². The van der Waals surface area contributed by atoms with Crippen LogP contribution in [0.1, 0.15) is 45.7 Å². The number of benzene rings is 2. The molecular weight excluding hydrogens is 312 g/mol. The van der Waals surface area contributed by atoms with Crippen molar-refractivity contribution in [1.82, 2.24) is 0 Å². The number of allylic oxidation sites excluding steroid dienone is 5. The Kier molecular flexibility index (Phi) is 14.3. The molecular formula is C26H34. The van der Waals surface area contributed by atoms with Crippen molar-refractivity contribution in [3.8, 4) is 0 Å². The van der Waals surface area contributed by atoms with Gasteiger partial charge in [0, 0.05) is 0 Å². The van der Waals surface area contributed by atoms with Gasteiger partial charge in [0.2, 0.25) is 0 Å². The van der Waals surface area contributed by atoms with Gasteiger partial charge in [-0.3, -0.25) is 0 Å². The highest BCUT2D eigenvalue weighted by molar-refractivity contribution is 5.52. The summed E-state index contributed by atoms with van der Waals surface area (Å²) in [6, 6.07) is 16.7. The summed E-state index contributed by atoms with van der Waals surface area (Å²) in [4.78, 5) is 0. The molecule has 0 aromatic heterocycles. The van der Waals surface area contributed by atoms with Gasteiger partial charge in [-0.2, -0.15) is 0 Å². The number of hydrogen-bond acceptors (Lipinski definition) is 0. The molecule has 138 valence electrons. The highest BCUT2D eigenvalue weighted by Gasteiger charge is 1.87. The Morgan fingerprint density at radius 1 is 0.577 bits per heavy atom. The van der Waals surface area contributed by atoms with E-state index in [9.17, 15) is 0 Å². The minimum absolute atomic E-state index is 1.31. The van der Waals surface area contributed by atoms with Gasteiger partial charge in [0.1, 0.15) is 0 Å². The fraction of sp³-hybridized carbons (Fsp3) is 0.231. The first-order chi connectivity index (χ1) is 12.6. The summed E-state index contributed by atoms with van der Waals surface area (Å²) in [6.45, 7) is 12.3. The molecule has 2 rings (SSSR count). The predicted octanol–water partition coefficient (Wildman–Crippen LogP) is 6.45. The van der Waals surface area contributed by atoms with Gasteiger partial charge in [-0.1, -0.05) is 97.1 Å². The van der Waals surface area contributed by atoms with Crippen molar-refractivity contribution in [2.75, 3.05) is 0 Å². The highest BCUT2D eigenvalue weighted by atomic mass is 13.9. The van der Waals surface area contributed by atoms with Crippen LogP contribution in [-0.4, -0.2) is 0 Å². The second kappa shape index (κ2) is 15.9. The quantitative estimate of drug-likeness (QED) is 0.548. The Morgan fingerprint density at radius 2 is 1.04 bits per heavy atom. The summed E-state index contributed by atoms with van der Waals surface area (Å²) in [5, 5.41) is 2.62. The van der Waals surface area contributed by atoms with Crippen LogP contribution in [0.25, 0.3) is 18.2 Å². The Bertz CT molecular complexity index is 759. The summed E-state index contributed by atoms with van der Waals surface area (Å²) in [7, 11) is 0. The third kappa shape index (κ3) is 10.3. The lowest BCUT2D eigenvalue weighted by Gasteiger charge is -1.96. The molecule has 0 saturated carbocycles. The van der Waals surface area contributed by atoms with Gasteiger partial charge in [0.05, 0.1) is 0 Å². The van der Waals surface area contributed by atoms with Crippen molar-refractivity contribution in [2.24, 2.45) is 0 Å². The molecule has 0 nitrogen and oxygen atoms in total. The number of hydrogen-bond donors (Lipinski definition) is 0. The van der Waals surface area contributed by atoms with Gasteiger partial charge < -0.3 is 0 Å². The lowest BCUT2D eigenvalue weighted by atomic mass is 10.1. The van der Waals surface area contributed by atoms with E-state index in [2.05, 4.69) is 93.6 Å². The van der Waals surface area contributed by atoms with Gasteiger partial charge in [0.25, 0.3) is 0 Å². The number of aryl methyl sites for hydroxylation is 1. The summed E-state index contributed by atoms with van der Waals surface area (Å²) in [5.41, 5.74) is 2.64. The largest absolute Gasteiger partial charge is 0.0877 e. The van der Waals surface area contributed by atoms with Crippen molar-refractivity contribution in [3.05, 3.63) is 100 Å². The molecule has 0 aliphatic heterocycles.